The molecule has 1 N–H and O–H groups in total. The Labute approximate surface area is 71.5 Å². The average molecular weight is 196 g/mol. The Hall–Kier alpha value is -0.620. The van der Waals surface area contributed by atoms with Crippen molar-refractivity contribution in [2.24, 2.45) is 0 Å². The molecule has 0 saturated carbocycles. The quantitative estimate of drug-likeness (QED) is 0.513. The molecule has 0 fully saturated rings. The number of esters is 1. The van der Waals surface area contributed by atoms with E-state index in [0.29, 0.717) is 0 Å². The molecule has 0 heterocycles. The van der Waals surface area contributed by atoms with Gasteiger partial charge in [0.05, 0.1) is 11.9 Å². The van der Waals surface area contributed by atoms with E-state index in [2.05, 4.69) is 4.74 Å². The van der Waals surface area contributed by atoms with Gasteiger partial charge in [-0.2, -0.15) is 8.42 Å². The molecule has 0 aromatic carbocycles. The summed E-state index contributed by atoms with van der Waals surface area (Å²) in [5, 5.41) is -0.892. The maximum Gasteiger partial charge on any atom is 0.302 e. The van der Waals surface area contributed by atoms with Crippen molar-refractivity contribution in [3.8, 4) is 0 Å². The Bertz CT molecular complexity index is 243. The molecule has 0 radical (unpaired) electrons. The van der Waals surface area contributed by atoms with Crippen LogP contribution >= 0.6 is 0 Å². The van der Waals surface area contributed by atoms with Crippen LogP contribution in [0.25, 0.3) is 0 Å². The predicted octanol–water partition coefficient (Wildman–Crippen LogP) is 0.216. The summed E-state index contributed by atoms with van der Waals surface area (Å²) in [5.41, 5.74) is 0. The van der Waals surface area contributed by atoms with Gasteiger partial charge in [0.2, 0.25) is 0 Å². The van der Waals surface area contributed by atoms with Crippen molar-refractivity contribution in [2.75, 3.05) is 6.61 Å². The number of ether oxygens (including phenoxy) is 1. The molecule has 5 nitrogen and oxygen atoms in total. The maximum absolute atomic E-state index is 10.4. The van der Waals surface area contributed by atoms with Crippen LogP contribution in [-0.2, 0) is 19.6 Å². The zero-order chi connectivity index (χ0) is 9.78. The molecule has 0 aliphatic rings. The highest BCUT2D eigenvalue weighted by Gasteiger charge is 2.16. The number of carbonyl (C=O) groups excluding carboxylic acids is 1. The van der Waals surface area contributed by atoms with E-state index in [9.17, 15) is 13.2 Å². The highest BCUT2D eigenvalue weighted by molar-refractivity contribution is 7.86. The van der Waals surface area contributed by atoms with Crippen LogP contribution in [0.1, 0.15) is 20.3 Å². The molecule has 0 aliphatic heterocycles. The fraction of sp³-hybridized carbons (Fsp3) is 0.833. The minimum Gasteiger partial charge on any atom is -0.466 e. The first kappa shape index (κ1) is 11.4. The molecule has 0 amide bonds. The Kier molecular flexibility index (Phi) is 4.19. The summed E-state index contributed by atoms with van der Waals surface area (Å²) in [7, 11) is -3.99. The first-order chi connectivity index (χ1) is 5.34. The second-order valence-corrected chi connectivity index (χ2v) is 4.29. The molecule has 1 atom stereocenters. The summed E-state index contributed by atoms with van der Waals surface area (Å²) >= 11 is 0. The van der Waals surface area contributed by atoms with E-state index in [1.165, 1.54) is 13.8 Å². The molecular formula is C6H12O5S. The van der Waals surface area contributed by atoms with Gasteiger partial charge in [-0.1, -0.05) is 0 Å². The highest BCUT2D eigenvalue weighted by atomic mass is 32.2. The first-order valence-corrected chi connectivity index (χ1v) is 4.94. The molecule has 0 spiro atoms. The van der Waals surface area contributed by atoms with E-state index in [0.717, 1.165) is 0 Å². The van der Waals surface area contributed by atoms with Crippen LogP contribution in [0.5, 0.6) is 0 Å². The number of hydrogen-bond donors (Lipinski definition) is 1. The fourth-order valence-corrected chi connectivity index (χ4v) is 0.912. The minimum absolute atomic E-state index is 0.0102. The zero-order valence-corrected chi connectivity index (χ0v) is 7.80. The van der Waals surface area contributed by atoms with Crippen LogP contribution in [0.15, 0.2) is 0 Å². The van der Waals surface area contributed by atoms with Crippen LogP contribution in [0, 0.1) is 0 Å². The largest absolute Gasteiger partial charge is 0.466 e. The van der Waals surface area contributed by atoms with Gasteiger partial charge in [0.15, 0.2) is 0 Å². The number of rotatable bonds is 4. The lowest BCUT2D eigenvalue weighted by atomic mass is 10.3. The molecule has 6 heteroatoms. The minimum atomic E-state index is -3.99. The van der Waals surface area contributed by atoms with Gasteiger partial charge in [-0.3, -0.25) is 9.35 Å². The molecular weight excluding hydrogens is 184 g/mol. The molecule has 0 bridgehead atoms. The van der Waals surface area contributed by atoms with Crippen molar-refractivity contribution in [2.45, 2.75) is 25.5 Å². The lowest BCUT2D eigenvalue weighted by Gasteiger charge is -2.06. The third-order valence-electron chi connectivity index (χ3n) is 1.34. The van der Waals surface area contributed by atoms with Gasteiger partial charge in [-0.25, -0.2) is 0 Å². The second-order valence-electron chi connectivity index (χ2n) is 2.45. The van der Waals surface area contributed by atoms with Crippen molar-refractivity contribution in [1.82, 2.24) is 0 Å². The molecule has 72 valence electrons. The molecule has 0 aromatic rings. The Balaban J connectivity index is 3.73. The lowest BCUT2D eigenvalue weighted by Crippen LogP contribution is -2.19. The van der Waals surface area contributed by atoms with E-state index in [-0.39, 0.29) is 13.0 Å². The summed E-state index contributed by atoms with van der Waals surface area (Å²) in [6.07, 6.45) is 0.110. The molecule has 0 saturated heterocycles. The summed E-state index contributed by atoms with van der Waals surface area (Å²) in [4.78, 5) is 10.2. The number of hydrogen-bond acceptors (Lipinski definition) is 4. The van der Waals surface area contributed by atoms with Gasteiger partial charge in [0.25, 0.3) is 10.1 Å². The van der Waals surface area contributed by atoms with E-state index >= 15 is 0 Å². The third kappa shape index (κ3) is 5.09. The second kappa shape index (κ2) is 4.42. The van der Waals surface area contributed by atoms with Gasteiger partial charge in [-0.05, 0) is 6.92 Å². The SMILES string of the molecule is CC(=O)OCCC(C)S(=O)(=O)O. The van der Waals surface area contributed by atoms with Crippen LogP contribution in [0.4, 0.5) is 0 Å². The third-order valence-corrected chi connectivity index (χ3v) is 2.59. The molecule has 1 unspecified atom stereocenters. The average Bonchev–Trinajstić information content (AvgIpc) is 1.84. The molecule has 0 aliphatic carbocycles. The van der Waals surface area contributed by atoms with Gasteiger partial charge < -0.3 is 4.74 Å². The molecule has 0 aromatic heterocycles. The normalized spacial score (nSPS) is 13.9. The molecule has 0 rings (SSSR count). The summed E-state index contributed by atoms with van der Waals surface area (Å²) < 4.78 is 33.8. The Morgan fingerprint density at radius 3 is 2.42 bits per heavy atom. The van der Waals surface area contributed by atoms with Gasteiger partial charge in [-0.15, -0.1) is 0 Å². The maximum atomic E-state index is 10.4. The lowest BCUT2D eigenvalue weighted by molar-refractivity contribution is -0.141. The summed E-state index contributed by atoms with van der Waals surface area (Å²) in [6.45, 7) is 2.59. The van der Waals surface area contributed by atoms with Crippen LogP contribution < -0.4 is 0 Å². The van der Waals surface area contributed by atoms with Crippen LogP contribution in [0.3, 0.4) is 0 Å². The van der Waals surface area contributed by atoms with Crippen molar-refractivity contribution < 1.29 is 22.5 Å². The standard InChI is InChI=1S/C6H12O5S/c1-5(12(8,9)10)3-4-11-6(2)7/h5H,3-4H2,1-2H3,(H,8,9,10). The summed E-state index contributed by atoms with van der Waals surface area (Å²) in [5.74, 6) is -0.461. The van der Waals surface area contributed by atoms with Crippen LogP contribution in [0.2, 0.25) is 0 Å². The van der Waals surface area contributed by atoms with E-state index in [1.54, 1.807) is 0 Å². The fourth-order valence-electron chi connectivity index (χ4n) is 0.518. The predicted molar refractivity (Wildman–Crippen MR) is 42.3 cm³/mol. The Morgan fingerprint density at radius 2 is 2.08 bits per heavy atom. The van der Waals surface area contributed by atoms with Crippen molar-refractivity contribution in [1.29, 1.82) is 0 Å². The monoisotopic (exact) mass is 196 g/mol. The van der Waals surface area contributed by atoms with Crippen molar-refractivity contribution in [3.05, 3.63) is 0 Å². The summed E-state index contributed by atoms with van der Waals surface area (Å²) in [6, 6.07) is 0. The van der Waals surface area contributed by atoms with E-state index in [4.69, 9.17) is 4.55 Å². The van der Waals surface area contributed by atoms with E-state index < -0.39 is 21.3 Å². The smallest absolute Gasteiger partial charge is 0.302 e. The Morgan fingerprint density at radius 1 is 1.58 bits per heavy atom. The number of carbonyl (C=O) groups is 1. The van der Waals surface area contributed by atoms with Crippen molar-refractivity contribution >= 4 is 16.1 Å². The van der Waals surface area contributed by atoms with Gasteiger partial charge >= 0.3 is 5.97 Å². The topological polar surface area (TPSA) is 80.7 Å². The van der Waals surface area contributed by atoms with Crippen molar-refractivity contribution in [3.63, 3.8) is 0 Å². The zero-order valence-electron chi connectivity index (χ0n) is 6.98. The van der Waals surface area contributed by atoms with Gasteiger partial charge in [0.1, 0.15) is 0 Å². The van der Waals surface area contributed by atoms with Gasteiger partial charge in [0, 0.05) is 13.3 Å². The van der Waals surface area contributed by atoms with Crippen LogP contribution in [-0.4, -0.2) is 30.8 Å². The highest BCUT2D eigenvalue weighted by Crippen LogP contribution is 2.02. The molecule has 12 heavy (non-hydrogen) atoms. The first-order valence-electron chi connectivity index (χ1n) is 3.43. The van der Waals surface area contributed by atoms with E-state index in [1.807, 2.05) is 0 Å².